The highest BCUT2D eigenvalue weighted by atomic mass is 32.1. The van der Waals surface area contributed by atoms with Gasteiger partial charge in [0.25, 0.3) is 5.91 Å². The summed E-state index contributed by atoms with van der Waals surface area (Å²) in [4.78, 5) is 29.1. The molecule has 0 spiro atoms. The summed E-state index contributed by atoms with van der Waals surface area (Å²) in [5.41, 5.74) is 4.06. The third-order valence-electron chi connectivity index (χ3n) is 6.39. The van der Waals surface area contributed by atoms with Crippen LogP contribution in [0.5, 0.6) is 0 Å². The zero-order valence-electron chi connectivity index (χ0n) is 18.7. The standard InChI is InChI=1S/C25H29N5OS/c1-18-6-5-7-21(14-18)30-13-12-29(16-19(30)2)25(31)22-17-32-24(27-22)20-8-9-26-23(15-20)28-10-3-4-11-28/h5-9,14-15,17,19H,3-4,10-13,16H2,1-2H3. The number of anilines is 2. The largest absolute Gasteiger partial charge is 0.365 e. The lowest BCUT2D eigenvalue weighted by atomic mass is 10.1. The number of piperazine rings is 1. The minimum atomic E-state index is 0.0251. The Hall–Kier alpha value is -2.93. The van der Waals surface area contributed by atoms with Crippen LogP contribution in [0.15, 0.2) is 48.0 Å². The van der Waals surface area contributed by atoms with Crippen molar-refractivity contribution in [3.8, 4) is 10.6 Å². The molecule has 166 valence electrons. The van der Waals surface area contributed by atoms with E-state index in [4.69, 9.17) is 4.98 Å². The van der Waals surface area contributed by atoms with Crippen molar-refractivity contribution in [3.05, 3.63) is 59.2 Å². The predicted molar refractivity (Wildman–Crippen MR) is 131 cm³/mol. The number of thiazole rings is 1. The second kappa shape index (κ2) is 8.90. The highest BCUT2D eigenvalue weighted by Crippen LogP contribution is 2.29. The Labute approximate surface area is 193 Å². The van der Waals surface area contributed by atoms with E-state index in [9.17, 15) is 4.79 Å². The summed E-state index contributed by atoms with van der Waals surface area (Å²) >= 11 is 1.53. The first-order valence-corrected chi connectivity index (χ1v) is 12.3. The third kappa shape index (κ3) is 4.21. The lowest BCUT2D eigenvalue weighted by molar-refractivity contribution is 0.0721. The SMILES string of the molecule is Cc1cccc(N2CCN(C(=O)c3csc(-c4ccnc(N5CCCC5)c4)n3)CC2C)c1. The second-order valence-corrected chi connectivity index (χ2v) is 9.63. The molecular weight excluding hydrogens is 418 g/mol. The minimum absolute atomic E-state index is 0.0251. The number of aromatic nitrogens is 2. The van der Waals surface area contributed by atoms with Gasteiger partial charge in [0.2, 0.25) is 0 Å². The van der Waals surface area contributed by atoms with Crippen molar-refractivity contribution in [1.29, 1.82) is 0 Å². The van der Waals surface area contributed by atoms with Crippen molar-refractivity contribution < 1.29 is 4.79 Å². The fourth-order valence-corrected chi connectivity index (χ4v) is 5.46. The predicted octanol–water partition coefficient (Wildman–Crippen LogP) is 4.46. The van der Waals surface area contributed by atoms with E-state index in [0.29, 0.717) is 18.8 Å². The van der Waals surface area contributed by atoms with Gasteiger partial charge in [0.1, 0.15) is 16.5 Å². The Kier molecular flexibility index (Phi) is 5.83. The molecule has 32 heavy (non-hydrogen) atoms. The van der Waals surface area contributed by atoms with E-state index >= 15 is 0 Å². The van der Waals surface area contributed by atoms with E-state index in [-0.39, 0.29) is 11.9 Å². The minimum Gasteiger partial charge on any atom is -0.365 e. The van der Waals surface area contributed by atoms with E-state index in [1.165, 1.54) is 35.4 Å². The molecule has 0 radical (unpaired) electrons. The average molecular weight is 448 g/mol. The van der Waals surface area contributed by atoms with Crippen LogP contribution in [0, 0.1) is 6.92 Å². The molecule has 4 heterocycles. The van der Waals surface area contributed by atoms with Gasteiger partial charge in [-0.15, -0.1) is 11.3 Å². The first-order valence-electron chi connectivity index (χ1n) is 11.4. The van der Waals surface area contributed by atoms with Gasteiger partial charge in [-0.25, -0.2) is 9.97 Å². The lowest BCUT2D eigenvalue weighted by Gasteiger charge is -2.41. The van der Waals surface area contributed by atoms with E-state index in [1.54, 1.807) is 0 Å². The molecule has 5 rings (SSSR count). The fraction of sp³-hybridized carbons (Fsp3) is 0.400. The average Bonchev–Trinajstić information content (AvgIpc) is 3.51. The van der Waals surface area contributed by atoms with Crippen LogP contribution in [0.2, 0.25) is 0 Å². The van der Waals surface area contributed by atoms with Crippen molar-refractivity contribution in [1.82, 2.24) is 14.9 Å². The third-order valence-corrected chi connectivity index (χ3v) is 7.29. The number of hydrogen-bond donors (Lipinski definition) is 0. The van der Waals surface area contributed by atoms with Gasteiger partial charge in [-0.3, -0.25) is 4.79 Å². The van der Waals surface area contributed by atoms with Crippen molar-refractivity contribution in [3.63, 3.8) is 0 Å². The van der Waals surface area contributed by atoms with Crippen LogP contribution < -0.4 is 9.80 Å². The lowest BCUT2D eigenvalue weighted by Crippen LogP contribution is -2.53. The number of nitrogens with zero attached hydrogens (tertiary/aromatic N) is 5. The van der Waals surface area contributed by atoms with Gasteiger partial charge in [0.05, 0.1) is 0 Å². The van der Waals surface area contributed by atoms with Crippen LogP contribution in [0.4, 0.5) is 11.5 Å². The first-order chi connectivity index (χ1) is 15.6. The van der Waals surface area contributed by atoms with E-state index in [0.717, 1.165) is 36.0 Å². The molecule has 2 fully saturated rings. The number of pyridine rings is 1. The molecule has 1 aromatic carbocycles. The van der Waals surface area contributed by atoms with E-state index in [1.807, 2.05) is 22.5 Å². The Bertz CT molecular complexity index is 1110. The van der Waals surface area contributed by atoms with Gasteiger partial charge in [-0.05, 0) is 56.5 Å². The quantitative estimate of drug-likeness (QED) is 0.591. The number of hydrogen-bond acceptors (Lipinski definition) is 6. The maximum atomic E-state index is 13.2. The number of rotatable bonds is 4. The molecule has 2 aliphatic heterocycles. The first kappa shape index (κ1) is 20.9. The topological polar surface area (TPSA) is 52.6 Å². The molecule has 6 nitrogen and oxygen atoms in total. The summed E-state index contributed by atoms with van der Waals surface area (Å²) in [5.74, 6) is 1.03. The van der Waals surface area contributed by atoms with Gasteiger partial charge in [-0.2, -0.15) is 0 Å². The van der Waals surface area contributed by atoms with Crippen molar-refractivity contribution in [2.24, 2.45) is 0 Å². The Morgan fingerprint density at radius 2 is 1.94 bits per heavy atom. The number of benzene rings is 1. The molecular formula is C25H29N5OS. The van der Waals surface area contributed by atoms with Crippen LogP contribution in [0.1, 0.15) is 35.8 Å². The molecule has 2 aliphatic rings. The van der Waals surface area contributed by atoms with Gasteiger partial charge in [0.15, 0.2) is 0 Å². The van der Waals surface area contributed by atoms with Crippen LogP contribution in [-0.4, -0.2) is 59.5 Å². The van der Waals surface area contributed by atoms with Crippen molar-refractivity contribution in [2.75, 3.05) is 42.5 Å². The highest BCUT2D eigenvalue weighted by molar-refractivity contribution is 7.13. The summed E-state index contributed by atoms with van der Waals surface area (Å²) in [6.45, 7) is 8.66. The molecule has 0 aliphatic carbocycles. The number of carbonyl (C=O) groups is 1. The molecule has 1 amide bonds. The van der Waals surface area contributed by atoms with Gasteiger partial charge in [0, 0.05) is 61.6 Å². The van der Waals surface area contributed by atoms with E-state index < -0.39 is 0 Å². The van der Waals surface area contributed by atoms with Crippen LogP contribution >= 0.6 is 11.3 Å². The number of carbonyl (C=O) groups excluding carboxylic acids is 1. The second-order valence-electron chi connectivity index (χ2n) is 8.77. The molecule has 0 N–H and O–H groups in total. The van der Waals surface area contributed by atoms with Gasteiger partial charge in [-0.1, -0.05) is 12.1 Å². The monoisotopic (exact) mass is 447 g/mol. The summed E-state index contributed by atoms with van der Waals surface area (Å²) in [5, 5.41) is 2.77. The number of amides is 1. The summed E-state index contributed by atoms with van der Waals surface area (Å²) in [6.07, 6.45) is 4.28. The maximum absolute atomic E-state index is 13.2. The Morgan fingerprint density at radius 1 is 1.09 bits per heavy atom. The summed E-state index contributed by atoms with van der Waals surface area (Å²) in [7, 11) is 0. The fourth-order valence-electron chi connectivity index (χ4n) is 4.67. The van der Waals surface area contributed by atoms with Crippen LogP contribution in [0.25, 0.3) is 10.6 Å². The highest BCUT2D eigenvalue weighted by Gasteiger charge is 2.29. The van der Waals surface area contributed by atoms with Crippen LogP contribution in [0.3, 0.4) is 0 Å². The normalized spacial score (nSPS) is 18.9. The zero-order valence-corrected chi connectivity index (χ0v) is 19.5. The summed E-state index contributed by atoms with van der Waals surface area (Å²) < 4.78 is 0. The molecule has 0 saturated carbocycles. The molecule has 7 heteroatoms. The summed E-state index contributed by atoms with van der Waals surface area (Å²) in [6, 6.07) is 12.9. The van der Waals surface area contributed by atoms with Gasteiger partial charge >= 0.3 is 0 Å². The molecule has 2 aromatic heterocycles. The Balaban J connectivity index is 1.28. The maximum Gasteiger partial charge on any atom is 0.273 e. The van der Waals surface area contributed by atoms with Crippen molar-refractivity contribution in [2.45, 2.75) is 32.7 Å². The molecule has 2 saturated heterocycles. The molecule has 0 bridgehead atoms. The zero-order chi connectivity index (χ0) is 22.1. The molecule has 3 aromatic rings. The molecule has 1 unspecified atom stereocenters. The molecule has 1 atom stereocenters. The van der Waals surface area contributed by atoms with Gasteiger partial charge < -0.3 is 14.7 Å². The smallest absolute Gasteiger partial charge is 0.273 e. The Morgan fingerprint density at radius 3 is 2.72 bits per heavy atom. The van der Waals surface area contributed by atoms with Crippen LogP contribution in [-0.2, 0) is 0 Å². The van der Waals surface area contributed by atoms with Crippen molar-refractivity contribution >= 4 is 28.7 Å². The number of aryl methyl sites for hydroxylation is 1. The van der Waals surface area contributed by atoms with E-state index in [2.05, 4.69) is 59.0 Å².